The SMILES string of the molecule is CC=Cc1ccc(OCC(=O)NC2(c3ccccc3)CCC2)c(OC)c1. The Kier molecular flexibility index (Phi) is 5.61. The van der Waals surface area contributed by atoms with E-state index in [1.165, 1.54) is 0 Å². The van der Waals surface area contributed by atoms with Crippen molar-refractivity contribution < 1.29 is 14.3 Å². The van der Waals surface area contributed by atoms with E-state index >= 15 is 0 Å². The minimum Gasteiger partial charge on any atom is -0.493 e. The minimum atomic E-state index is -0.248. The van der Waals surface area contributed by atoms with Crippen molar-refractivity contribution in [3.63, 3.8) is 0 Å². The summed E-state index contributed by atoms with van der Waals surface area (Å²) >= 11 is 0. The lowest BCUT2D eigenvalue weighted by atomic mass is 9.72. The Labute approximate surface area is 154 Å². The van der Waals surface area contributed by atoms with E-state index in [1.54, 1.807) is 7.11 Å². The molecule has 1 amide bonds. The average molecular weight is 351 g/mol. The van der Waals surface area contributed by atoms with Crippen molar-refractivity contribution >= 4 is 12.0 Å². The molecule has 0 aromatic heterocycles. The molecule has 0 bridgehead atoms. The molecule has 4 heteroatoms. The monoisotopic (exact) mass is 351 g/mol. The van der Waals surface area contributed by atoms with Crippen molar-refractivity contribution in [1.29, 1.82) is 0 Å². The zero-order valence-corrected chi connectivity index (χ0v) is 15.3. The fourth-order valence-corrected chi connectivity index (χ4v) is 3.32. The fraction of sp³-hybridized carbons (Fsp3) is 0.318. The lowest BCUT2D eigenvalue weighted by molar-refractivity contribution is -0.126. The lowest BCUT2D eigenvalue weighted by Gasteiger charge is -2.43. The topological polar surface area (TPSA) is 47.6 Å². The molecule has 0 spiro atoms. The number of carbonyl (C=O) groups is 1. The first-order valence-electron chi connectivity index (χ1n) is 8.97. The van der Waals surface area contributed by atoms with Crippen molar-refractivity contribution in [3.05, 3.63) is 65.7 Å². The molecule has 1 aliphatic rings. The van der Waals surface area contributed by atoms with Gasteiger partial charge in [-0.05, 0) is 49.4 Å². The number of nitrogens with one attached hydrogen (secondary N) is 1. The van der Waals surface area contributed by atoms with Gasteiger partial charge >= 0.3 is 0 Å². The number of amides is 1. The molecule has 1 N–H and O–H groups in total. The molecule has 26 heavy (non-hydrogen) atoms. The van der Waals surface area contributed by atoms with Crippen LogP contribution in [0.25, 0.3) is 6.08 Å². The van der Waals surface area contributed by atoms with Gasteiger partial charge in [-0.25, -0.2) is 0 Å². The van der Waals surface area contributed by atoms with Gasteiger partial charge in [0.25, 0.3) is 5.91 Å². The zero-order valence-electron chi connectivity index (χ0n) is 15.3. The van der Waals surface area contributed by atoms with Crippen LogP contribution in [-0.2, 0) is 10.3 Å². The van der Waals surface area contributed by atoms with Crippen LogP contribution < -0.4 is 14.8 Å². The van der Waals surface area contributed by atoms with Crippen molar-refractivity contribution in [1.82, 2.24) is 5.32 Å². The van der Waals surface area contributed by atoms with E-state index in [0.717, 1.165) is 30.4 Å². The molecule has 2 aromatic carbocycles. The number of hydrogen-bond donors (Lipinski definition) is 1. The summed E-state index contributed by atoms with van der Waals surface area (Å²) in [6.07, 6.45) is 6.99. The molecule has 0 radical (unpaired) electrons. The third-order valence-corrected chi connectivity index (χ3v) is 4.82. The number of ether oxygens (including phenoxy) is 2. The first-order chi connectivity index (χ1) is 12.7. The molecule has 2 aromatic rings. The summed E-state index contributed by atoms with van der Waals surface area (Å²) in [4.78, 5) is 12.5. The van der Waals surface area contributed by atoms with E-state index in [1.807, 2.05) is 55.5 Å². The van der Waals surface area contributed by atoms with E-state index < -0.39 is 0 Å². The van der Waals surface area contributed by atoms with Crippen molar-refractivity contribution in [3.8, 4) is 11.5 Å². The maximum Gasteiger partial charge on any atom is 0.258 e. The molecule has 1 aliphatic carbocycles. The number of allylic oxidation sites excluding steroid dienone is 1. The van der Waals surface area contributed by atoms with Gasteiger partial charge in [-0.15, -0.1) is 0 Å². The quantitative estimate of drug-likeness (QED) is 0.809. The second kappa shape index (κ2) is 8.09. The summed E-state index contributed by atoms with van der Waals surface area (Å²) in [6, 6.07) is 15.8. The van der Waals surface area contributed by atoms with E-state index in [-0.39, 0.29) is 18.1 Å². The highest BCUT2D eigenvalue weighted by Gasteiger charge is 2.39. The minimum absolute atomic E-state index is 0.0338. The highest BCUT2D eigenvalue weighted by atomic mass is 16.5. The third-order valence-electron chi connectivity index (χ3n) is 4.82. The highest BCUT2D eigenvalue weighted by Crippen LogP contribution is 2.41. The number of carbonyl (C=O) groups excluding carboxylic acids is 1. The number of benzene rings is 2. The predicted molar refractivity (Wildman–Crippen MR) is 103 cm³/mol. The van der Waals surface area contributed by atoms with Crippen LogP contribution in [0.15, 0.2) is 54.6 Å². The number of rotatable bonds is 7. The first kappa shape index (κ1) is 18.1. The summed E-state index contributed by atoms with van der Waals surface area (Å²) in [5, 5.41) is 3.17. The van der Waals surface area contributed by atoms with Crippen LogP contribution in [-0.4, -0.2) is 19.6 Å². The Morgan fingerprint density at radius 2 is 1.92 bits per heavy atom. The molecule has 1 fully saturated rings. The summed E-state index contributed by atoms with van der Waals surface area (Å²) in [7, 11) is 1.60. The number of methoxy groups -OCH3 is 1. The molecular weight excluding hydrogens is 326 g/mol. The van der Waals surface area contributed by atoms with Gasteiger partial charge in [0, 0.05) is 0 Å². The van der Waals surface area contributed by atoms with Gasteiger partial charge in [-0.1, -0.05) is 48.6 Å². The van der Waals surface area contributed by atoms with Gasteiger partial charge < -0.3 is 14.8 Å². The second-order valence-electron chi connectivity index (χ2n) is 6.55. The molecule has 0 heterocycles. The van der Waals surface area contributed by atoms with Crippen molar-refractivity contribution in [2.45, 2.75) is 31.7 Å². The van der Waals surface area contributed by atoms with E-state index in [0.29, 0.717) is 11.5 Å². The Balaban J connectivity index is 1.64. The van der Waals surface area contributed by atoms with Crippen LogP contribution >= 0.6 is 0 Å². The van der Waals surface area contributed by atoms with Crippen molar-refractivity contribution in [2.75, 3.05) is 13.7 Å². The highest BCUT2D eigenvalue weighted by molar-refractivity contribution is 5.79. The maximum atomic E-state index is 12.5. The van der Waals surface area contributed by atoms with Gasteiger partial charge in [-0.3, -0.25) is 4.79 Å². The standard InChI is InChI=1S/C22H25NO3/c1-3-8-17-11-12-19(20(15-17)25-2)26-16-21(24)23-22(13-7-14-22)18-9-5-4-6-10-18/h3-6,8-12,15H,7,13-14,16H2,1-2H3,(H,23,24). The second-order valence-corrected chi connectivity index (χ2v) is 6.55. The van der Waals surface area contributed by atoms with Crippen LogP contribution in [0.4, 0.5) is 0 Å². The van der Waals surface area contributed by atoms with Crippen LogP contribution in [0.1, 0.15) is 37.3 Å². The van der Waals surface area contributed by atoms with Crippen molar-refractivity contribution in [2.24, 2.45) is 0 Å². The van der Waals surface area contributed by atoms with Gasteiger partial charge in [0.05, 0.1) is 12.6 Å². The molecular formula is C22H25NO3. The van der Waals surface area contributed by atoms with Crippen LogP contribution in [0.3, 0.4) is 0 Å². The molecule has 0 atom stereocenters. The average Bonchev–Trinajstić information content (AvgIpc) is 2.64. The van der Waals surface area contributed by atoms with Crippen LogP contribution in [0.2, 0.25) is 0 Å². The molecule has 0 aliphatic heterocycles. The zero-order chi connectivity index (χ0) is 18.4. The molecule has 0 saturated heterocycles. The van der Waals surface area contributed by atoms with Crippen LogP contribution in [0, 0.1) is 0 Å². The molecule has 4 nitrogen and oxygen atoms in total. The van der Waals surface area contributed by atoms with Gasteiger partial charge in [-0.2, -0.15) is 0 Å². The van der Waals surface area contributed by atoms with E-state index in [4.69, 9.17) is 9.47 Å². The van der Waals surface area contributed by atoms with Crippen LogP contribution in [0.5, 0.6) is 11.5 Å². The predicted octanol–water partition coefficient (Wildman–Crippen LogP) is 4.30. The Morgan fingerprint density at radius 1 is 1.15 bits per heavy atom. The molecule has 0 unspecified atom stereocenters. The van der Waals surface area contributed by atoms with Gasteiger partial charge in [0.15, 0.2) is 18.1 Å². The first-order valence-corrected chi connectivity index (χ1v) is 8.97. The smallest absolute Gasteiger partial charge is 0.258 e. The lowest BCUT2D eigenvalue weighted by Crippen LogP contribution is -2.52. The fourth-order valence-electron chi connectivity index (χ4n) is 3.32. The summed E-state index contributed by atoms with van der Waals surface area (Å²) < 4.78 is 11.1. The largest absolute Gasteiger partial charge is 0.493 e. The maximum absolute atomic E-state index is 12.5. The molecule has 3 rings (SSSR count). The molecule has 1 saturated carbocycles. The Hall–Kier alpha value is -2.75. The number of hydrogen-bond acceptors (Lipinski definition) is 3. The normalized spacial score (nSPS) is 15.3. The van der Waals surface area contributed by atoms with Gasteiger partial charge in [0.2, 0.25) is 0 Å². The summed E-state index contributed by atoms with van der Waals surface area (Å²) in [5.41, 5.74) is 1.94. The Bertz CT molecular complexity index is 779. The van der Waals surface area contributed by atoms with E-state index in [2.05, 4.69) is 17.4 Å². The summed E-state index contributed by atoms with van der Waals surface area (Å²) in [6.45, 7) is 1.93. The van der Waals surface area contributed by atoms with Gasteiger partial charge in [0.1, 0.15) is 0 Å². The third kappa shape index (κ3) is 3.90. The Morgan fingerprint density at radius 3 is 2.54 bits per heavy atom. The van der Waals surface area contributed by atoms with E-state index in [9.17, 15) is 4.79 Å². The summed E-state index contributed by atoms with van der Waals surface area (Å²) in [5.74, 6) is 1.07. The molecule has 136 valence electrons.